The third-order valence-electron chi connectivity index (χ3n) is 5.82. The van der Waals surface area contributed by atoms with Crippen LogP contribution in [0.5, 0.6) is 28.7 Å². The number of ether oxygens (including phenoxy) is 1. The lowest BCUT2D eigenvalue weighted by Gasteiger charge is -2.24. The standard InChI is InChI=1S/C25H26O8/c1-11(2)5-7-13-19(28)18-20(29)21(30)22(12-6-8-15(26)16(27)9-12)33-24(18)14-10-17(25(3,4)31)32-23(13)14/h5-6,8-9,17,26-28,30-31H,7,10H2,1-4H3/t17-/m1/s1. The Labute approximate surface area is 189 Å². The van der Waals surface area contributed by atoms with E-state index < -0.39 is 28.6 Å². The van der Waals surface area contributed by atoms with Crippen molar-refractivity contribution in [3.63, 3.8) is 0 Å². The molecular formula is C25H26O8. The average Bonchev–Trinajstić information content (AvgIpc) is 3.17. The molecule has 0 spiro atoms. The minimum Gasteiger partial charge on any atom is -0.507 e. The van der Waals surface area contributed by atoms with Crippen molar-refractivity contribution in [2.45, 2.75) is 52.2 Å². The summed E-state index contributed by atoms with van der Waals surface area (Å²) in [6.45, 7) is 7.01. The molecule has 5 N–H and O–H groups in total. The number of hydrogen-bond donors (Lipinski definition) is 5. The molecule has 2 aromatic carbocycles. The zero-order valence-electron chi connectivity index (χ0n) is 18.8. The van der Waals surface area contributed by atoms with Crippen molar-refractivity contribution in [1.82, 2.24) is 0 Å². The molecule has 0 saturated heterocycles. The van der Waals surface area contributed by atoms with Crippen LogP contribution in [0, 0.1) is 0 Å². The summed E-state index contributed by atoms with van der Waals surface area (Å²) >= 11 is 0. The number of aliphatic hydroxyl groups is 1. The summed E-state index contributed by atoms with van der Waals surface area (Å²) in [7, 11) is 0. The highest BCUT2D eigenvalue weighted by molar-refractivity contribution is 5.93. The van der Waals surface area contributed by atoms with E-state index in [1.807, 2.05) is 19.9 Å². The van der Waals surface area contributed by atoms with Gasteiger partial charge in [0.15, 0.2) is 17.3 Å². The summed E-state index contributed by atoms with van der Waals surface area (Å²) < 4.78 is 12.0. The van der Waals surface area contributed by atoms with Gasteiger partial charge in [-0.1, -0.05) is 11.6 Å². The first kappa shape index (κ1) is 22.5. The Balaban J connectivity index is 2.05. The summed E-state index contributed by atoms with van der Waals surface area (Å²) in [4.78, 5) is 13.2. The molecule has 8 heteroatoms. The van der Waals surface area contributed by atoms with E-state index in [0.717, 1.165) is 11.6 Å². The second kappa shape index (κ2) is 7.74. The van der Waals surface area contributed by atoms with Gasteiger partial charge >= 0.3 is 0 Å². The lowest BCUT2D eigenvalue weighted by molar-refractivity contribution is -0.0232. The Bertz CT molecular complexity index is 1350. The quantitative estimate of drug-likeness (QED) is 0.296. The van der Waals surface area contributed by atoms with Crippen LogP contribution in [-0.4, -0.2) is 37.2 Å². The lowest BCUT2D eigenvalue weighted by atomic mass is 9.94. The van der Waals surface area contributed by atoms with Gasteiger partial charge in [-0.15, -0.1) is 0 Å². The molecule has 1 aliphatic heterocycles. The van der Waals surface area contributed by atoms with Gasteiger partial charge < -0.3 is 34.7 Å². The third-order valence-corrected chi connectivity index (χ3v) is 5.82. The molecule has 1 aliphatic rings. The zero-order valence-corrected chi connectivity index (χ0v) is 18.8. The maximum absolute atomic E-state index is 13.2. The predicted molar refractivity (Wildman–Crippen MR) is 122 cm³/mol. The molecule has 0 fully saturated rings. The second-order valence-electron chi connectivity index (χ2n) is 9.10. The van der Waals surface area contributed by atoms with Crippen LogP contribution in [0.1, 0.15) is 38.8 Å². The van der Waals surface area contributed by atoms with Gasteiger partial charge in [-0.05, 0) is 52.3 Å². The molecule has 0 radical (unpaired) electrons. The van der Waals surface area contributed by atoms with E-state index in [1.165, 1.54) is 12.1 Å². The molecule has 3 aromatic rings. The van der Waals surface area contributed by atoms with Crippen molar-refractivity contribution in [3.05, 3.63) is 51.2 Å². The highest BCUT2D eigenvalue weighted by Gasteiger charge is 2.39. The molecule has 1 atom stereocenters. The van der Waals surface area contributed by atoms with Crippen LogP contribution in [-0.2, 0) is 12.8 Å². The van der Waals surface area contributed by atoms with E-state index in [4.69, 9.17) is 9.15 Å². The molecule has 0 amide bonds. The van der Waals surface area contributed by atoms with Gasteiger partial charge in [0.05, 0.1) is 5.60 Å². The van der Waals surface area contributed by atoms with Crippen LogP contribution in [0.3, 0.4) is 0 Å². The Morgan fingerprint density at radius 1 is 1.12 bits per heavy atom. The molecule has 2 heterocycles. The molecule has 33 heavy (non-hydrogen) atoms. The zero-order chi connectivity index (χ0) is 24.2. The fourth-order valence-corrected chi connectivity index (χ4v) is 3.94. The molecular weight excluding hydrogens is 428 g/mol. The van der Waals surface area contributed by atoms with Crippen LogP contribution < -0.4 is 10.2 Å². The van der Waals surface area contributed by atoms with Gasteiger partial charge in [-0.3, -0.25) is 4.79 Å². The van der Waals surface area contributed by atoms with Crippen molar-refractivity contribution < 1.29 is 34.7 Å². The van der Waals surface area contributed by atoms with Gasteiger partial charge in [-0.2, -0.15) is 0 Å². The Morgan fingerprint density at radius 2 is 1.82 bits per heavy atom. The minimum absolute atomic E-state index is 0.0283. The van der Waals surface area contributed by atoms with Gasteiger partial charge in [0.1, 0.15) is 28.6 Å². The fourth-order valence-electron chi connectivity index (χ4n) is 3.94. The summed E-state index contributed by atoms with van der Waals surface area (Å²) in [5.41, 5.74) is -0.0120. The Morgan fingerprint density at radius 3 is 2.42 bits per heavy atom. The number of aromatic hydroxyl groups is 4. The monoisotopic (exact) mass is 454 g/mol. The van der Waals surface area contributed by atoms with Crippen LogP contribution in [0.25, 0.3) is 22.3 Å². The van der Waals surface area contributed by atoms with Crippen molar-refractivity contribution in [1.29, 1.82) is 0 Å². The summed E-state index contributed by atoms with van der Waals surface area (Å²) in [5, 5.41) is 51.5. The second-order valence-corrected chi connectivity index (χ2v) is 9.10. The highest BCUT2D eigenvalue weighted by atomic mass is 16.5. The highest BCUT2D eigenvalue weighted by Crippen LogP contribution is 2.47. The number of phenols is 3. The van der Waals surface area contributed by atoms with Gasteiger partial charge in [-0.25, -0.2) is 0 Å². The van der Waals surface area contributed by atoms with Gasteiger partial charge in [0.2, 0.25) is 11.2 Å². The van der Waals surface area contributed by atoms with E-state index in [9.17, 15) is 30.3 Å². The summed E-state index contributed by atoms with van der Waals surface area (Å²) in [6, 6.07) is 3.73. The molecule has 174 valence electrons. The predicted octanol–water partition coefficient (Wildman–Crippen LogP) is 3.87. The van der Waals surface area contributed by atoms with Crippen molar-refractivity contribution in [2.75, 3.05) is 0 Å². The molecule has 4 rings (SSSR count). The van der Waals surface area contributed by atoms with Crippen LogP contribution in [0.15, 0.2) is 39.1 Å². The minimum atomic E-state index is -1.21. The van der Waals surface area contributed by atoms with E-state index in [-0.39, 0.29) is 46.6 Å². The molecule has 0 aliphatic carbocycles. The Hall–Kier alpha value is -3.65. The number of hydrogen-bond acceptors (Lipinski definition) is 8. The van der Waals surface area contributed by atoms with Crippen molar-refractivity contribution >= 4 is 11.0 Å². The van der Waals surface area contributed by atoms with E-state index >= 15 is 0 Å². The number of allylic oxidation sites excluding steroid dienone is 2. The third kappa shape index (κ3) is 3.76. The lowest BCUT2D eigenvalue weighted by Crippen LogP contribution is -2.39. The van der Waals surface area contributed by atoms with E-state index in [2.05, 4.69) is 0 Å². The van der Waals surface area contributed by atoms with Crippen LogP contribution in [0.2, 0.25) is 0 Å². The molecule has 0 saturated carbocycles. The number of phenolic OH excluding ortho intramolecular Hbond substituents is 3. The first-order valence-electron chi connectivity index (χ1n) is 10.5. The van der Waals surface area contributed by atoms with Crippen molar-refractivity contribution in [3.8, 4) is 40.1 Å². The first-order chi connectivity index (χ1) is 15.4. The molecule has 8 nitrogen and oxygen atoms in total. The molecule has 1 aromatic heterocycles. The maximum atomic E-state index is 13.2. The number of rotatable bonds is 4. The largest absolute Gasteiger partial charge is 0.507 e. The van der Waals surface area contributed by atoms with Crippen LogP contribution in [0.4, 0.5) is 0 Å². The summed E-state index contributed by atoms with van der Waals surface area (Å²) in [6.07, 6.45) is 1.71. The molecule has 0 bridgehead atoms. The number of fused-ring (bicyclic) bond motifs is 3. The topological polar surface area (TPSA) is 141 Å². The Kier molecular flexibility index (Phi) is 5.29. The first-order valence-corrected chi connectivity index (χ1v) is 10.5. The van der Waals surface area contributed by atoms with E-state index in [0.29, 0.717) is 16.9 Å². The smallest absolute Gasteiger partial charge is 0.238 e. The fraction of sp³-hybridized carbons (Fsp3) is 0.320. The van der Waals surface area contributed by atoms with Crippen molar-refractivity contribution in [2.24, 2.45) is 0 Å². The van der Waals surface area contributed by atoms with E-state index in [1.54, 1.807) is 13.8 Å². The average molecular weight is 454 g/mol. The maximum Gasteiger partial charge on any atom is 0.238 e. The van der Waals surface area contributed by atoms with Crippen LogP contribution >= 0.6 is 0 Å². The SMILES string of the molecule is CC(C)=CCc1c2c(c3oc(-c4ccc(O)c(O)c4)c(O)c(=O)c3c1O)C[C@H](C(C)(C)O)O2. The normalized spacial score (nSPS) is 15.4. The summed E-state index contributed by atoms with van der Waals surface area (Å²) in [5.74, 6) is -1.82. The molecule has 0 unspecified atom stereocenters. The number of benzene rings is 2. The van der Waals surface area contributed by atoms with Gasteiger partial charge in [0.25, 0.3) is 0 Å². The van der Waals surface area contributed by atoms with Gasteiger partial charge in [0, 0.05) is 23.1 Å².